The standard InChI is InChI=1S/C15H16O4/c1-4-18-14(17)8-12-11-6-5-9(2)7-13(11)19-15(12)10(3)16/h5-7H,4,8H2,1-3H3. The molecule has 0 spiro atoms. The first-order valence-electron chi connectivity index (χ1n) is 6.21. The van der Waals surface area contributed by atoms with E-state index in [9.17, 15) is 9.59 Å². The maximum absolute atomic E-state index is 11.6. The lowest BCUT2D eigenvalue weighted by Gasteiger charge is -2.01. The van der Waals surface area contributed by atoms with Crippen LogP contribution in [0.25, 0.3) is 11.0 Å². The van der Waals surface area contributed by atoms with Gasteiger partial charge in [-0.3, -0.25) is 9.59 Å². The van der Waals surface area contributed by atoms with Crippen LogP contribution in [0.3, 0.4) is 0 Å². The fraction of sp³-hybridized carbons (Fsp3) is 0.333. The second-order valence-corrected chi connectivity index (χ2v) is 4.45. The Morgan fingerprint density at radius 2 is 2.05 bits per heavy atom. The second-order valence-electron chi connectivity index (χ2n) is 4.45. The maximum atomic E-state index is 11.6. The molecule has 0 radical (unpaired) electrons. The van der Waals surface area contributed by atoms with E-state index in [1.165, 1.54) is 6.92 Å². The third kappa shape index (κ3) is 2.67. The molecule has 4 heteroatoms. The van der Waals surface area contributed by atoms with Crippen LogP contribution in [0.4, 0.5) is 0 Å². The number of fused-ring (bicyclic) bond motifs is 1. The number of ketones is 1. The Kier molecular flexibility index (Phi) is 3.69. The van der Waals surface area contributed by atoms with Crippen molar-refractivity contribution >= 4 is 22.7 Å². The number of ether oxygens (including phenoxy) is 1. The predicted octanol–water partition coefficient (Wildman–Crippen LogP) is 3.05. The lowest BCUT2D eigenvalue weighted by molar-refractivity contribution is -0.142. The highest BCUT2D eigenvalue weighted by Crippen LogP contribution is 2.28. The predicted molar refractivity (Wildman–Crippen MR) is 71.3 cm³/mol. The van der Waals surface area contributed by atoms with Crippen molar-refractivity contribution < 1.29 is 18.7 Å². The molecule has 0 aliphatic heterocycles. The number of carbonyl (C=O) groups is 2. The molecule has 0 aliphatic carbocycles. The Morgan fingerprint density at radius 3 is 2.68 bits per heavy atom. The molecule has 1 aromatic carbocycles. The van der Waals surface area contributed by atoms with Crippen molar-refractivity contribution in [3.05, 3.63) is 35.1 Å². The number of rotatable bonds is 4. The number of carbonyl (C=O) groups excluding carboxylic acids is 2. The molecule has 0 N–H and O–H groups in total. The summed E-state index contributed by atoms with van der Waals surface area (Å²) in [7, 11) is 0. The number of hydrogen-bond donors (Lipinski definition) is 0. The molecule has 0 fully saturated rings. The van der Waals surface area contributed by atoms with Crippen molar-refractivity contribution in [1.82, 2.24) is 0 Å². The molecule has 100 valence electrons. The SMILES string of the molecule is CCOC(=O)Cc1c(C(C)=O)oc2cc(C)ccc12. The van der Waals surface area contributed by atoms with E-state index in [2.05, 4.69) is 0 Å². The van der Waals surface area contributed by atoms with Gasteiger partial charge in [-0.1, -0.05) is 12.1 Å². The molecule has 0 saturated carbocycles. The number of furan rings is 1. The lowest BCUT2D eigenvalue weighted by Crippen LogP contribution is -2.09. The van der Waals surface area contributed by atoms with Crippen LogP contribution >= 0.6 is 0 Å². The highest BCUT2D eigenvalue weighted by molar-refractivity contribution is 6.00. The summed E-state index contributed by atoms with van der Waals surface area (Å²) in [6.45, 7) is 5.45. The molecule has 0 amide bonds. The minimum Gasteiger partial charge on any atom is -0.466 e. The molecule has 0 unspecified atom stereocenters. The topological polar surface area (TPSA) is 56.5 Å². The van der Waals surface area contributed by atoms with Gasteiger partial charge in [0.2, 0.25) is 0 Å². The summed E-state index contributed by atoms with van der Waals surface area (Å²) < 4.78 is 10.5. The number of benzene rings is 1. The molecule has 0 bridgehead atoms. The summed E-state index contributed by atoms with van der Waals surface area (Å²) in [5.41, 5.74) is 2.28. The van der Waals surface area contributed by atoms with Gasteiger partial charge >= 0.3 is 5.97 Å². The monoisotopic (exact) mass is 260 g/mol. The first kappa shape index (κ1) is 13.3. The van der Waals surface area contributed by atoms with Gasteiger partial charge in [-0.15, -0.1) is 0 Å². The van der Waals surface area contributed by atoms with Gasteiger partial charge in [0.1, 0.15) is 5.58 Å². The van der Waals surface area contributed by atoms with Gasteiger partial charge in [0.25, 0.3) is 0 Å². The first-order valence-corrected chi connectivity index (χ1v) is 6.21. The number of esters is 1. The summed E-state index contributed by atoms with van der Waals surface area (Å²) in [6, 6.07) is 5.65. The van der Waals surface area contributed by atoms with E-state index < -0.39 is 0 Å². The zero-order chi connectivity index (χ0) is 14.0. The zero-order valence-electron chi connectivity index (χ0n) is 11.3. The fourth-order valence-corrected chi connectivity index (χ4v) is 2.07. The van der Waals surface area contributed by atoms with Gasteiger partial charge in [-0.2, -0.15) is 0 Å². The van der Waals surface area contributed by atoms with Crippen molar-refractivity contribution in [3.63, 3.8) is 0 Å². The number of aryl methyl sites for hydroxylation is 1. The van der Waals surface area contributed by atoms with Crippen molar-refractivity contribution in [1.29, 1.82) is 0 Å². The van der Waals surface area contributed by atoms with E-state index in [1.54, 1.807) is 6.92 Å². The van der Waals surface area contributed by atoms with Crippen molar-refractivity contribution in [2.45, 2.75) is 27.2 Å². The van der Waals surface area contributed by atoms with E-state index >= 15 is 0 Å². The molecular formula is C15H16O4. The zero-order valence-corrected chi connectivity index (χ0v) is 11.3. The summed E-state index contributed by atoms with van der Waals surface area (Å²) in [5, 5.41) is 0.795. The Balaban J connectivity index is 2.52. The molecule has 0 saturated heterocycles. The minimum absolute atomic E-state index is 0.0544. The van der Waals surface area contributed by atoms with Gasteiger partial charge in [-0.05, 0) is 25.5 Å². The van der Waals surface area contributed by atoms with Crippen molar-refractivity contribution in [3.8, 4) is 0 Å². The fourth-order valence-electron chi connectivity index (χ4n) is 2.07. The van der Waals surface area contributed by atoms with Crippen molar-refractivity contribution in [2.75, 3.05) is 6.61 Å². The van der Waals surface area contributed by atoms with Gasteiger partial charge in [0, 0.05) is 17.9 Å². The van der Waals surface area contributed by atoms with Crippen LogP contribution in [0.5, 0.6) is 0 Å². The van der Waals surface area contributed by atoms with E-state index in [0.717, 1.165) is 10.9 Å². The van der Waals surface area contributed by atoms with Gasteiger partial charge < -0.3 is 9.15 Å². The molecule has 1 aromatic heterocycles. The van der Waals surface area contributed by atoms with Crippen LogP contribution in [-0.4, -0.2) is 18.4 Å². The minimum atomic E-state index is -0.353. The number of Topliss-reactive ketones (excluding diaryl/α,β-unsaturated/α-hetero) is 1. The third-order valence-corrected chi connectivity index (χ3v) is 2.89. The van der Waals surface area contributed by atoms with Gasteiger partial charge in [0.15, 0.2) is 11.5 Å². The van der Waals surface area contributed by atoms with E-state index in [1.807, 2.05) is 25.1 Å². The summed E-state index contributed by atoms with van der Waals surface area (Å²) >= 11 is 0. The van der Waals surface area contributed by atoms with Crippen LogP contribution in [0.15, 0.2) is 22.6 Å². The summed E-state index contributed by atoms with van der Waals surface area (Å²) in [6.07, 6.45) is 0.0544. The van der Waals surface area contributed by atoms with Crippen LogP contribution in [0.2, 0.25) is 0 Å². The quantitative estimate of drug-likeness (QED) is 0.626. The van der Waals surface area contributed by atoms with E-state index in [4.69, 9.17) is 9.15 Å². The van der Waals surface area contributed by atoms with Crippen LogP contribution in [-0.2, 0) is 16.0 Å². The average Bonchev–Trinajstić information content (AvgIpc) is 2.67. The summed E-state index contributed by atoms with van der Waals surface area (Å²) in [5.74, 6) is -0.296. The van der Waals surface area contributed by atoms with Gasteiger partial charge in [0.05, 0.1) is 13.0 Å². The Labute approximate surface area is 111 Å². The highest BCUT2D eigenvalue weighted by atomic mass is 16.5. The van der Waals surface area contributed by atoms with Crippen LogP contribution < -0.4 is 0 Å². The molecule has 19 heavy (non-hydrogen) atoms. The van der Waals surface area contributed by atoms with E-state index in [0.29, 0.717) is 17.8 Å². The smallest absolute Gasteiger partial charge is 0.310 e. The van der Waals surface area contributed by atoms with Crippen LogP contribution in [0, 0.1) is 6.92 Å². The lowest BCUT2D eigenvalue weighted by atomic mass is 10.0. The highest BCUT2D eigenvalue weighted by Gasteiger charge is 2.20. The molecule has 2 aromatic rings. The second kappa shape index (κ2) is 5.26. The molecular weight excluding hydrogens is 244 g/mol. The van der Waals surface area contributed by atoms with Crippen molar-refractivity contribution in [2.24, 2.45) is 0 Å². The largest absolute Gasteiger partial charge is 0.466 e. The molecule has 1 heterocycles. The molecule has 0 aliphatic rings. The Morgan fingerprint density at radius 1 is 1.32 bits per heavy atom. The molecule has 0 atom stereocenters. The summed E-state index contributed by atoms with van der Waals surface area (Å²) in [4.78, 5) is 23.2. The maximum Gasteiger partial charge on any atom is 0.310 e. The normalized spacial score (nSPS) is 10.7. The van der Waals surface area contributed by atoms with E-state index in [-0.39, 0.29) is 23.9 Å². The first-order chi connectivity index (χ1) is 9.02. The third-order valence-electron chi connectivity index (χ3n) is 2.89. The molecule has 4 nitrogen and oxygen atoms in total. The Hall–Kier alpha value is -2.10. The van der Waals surface area contributed by atoms with Gasteiger partial charge in [-0.25, -0.2) is 0 Å². The Bertz CT molecular complexity index is 637. The average molecular weight is 260 g/mol. The molecule has 2 rings (SSSR count). The van der Waals surface area contributed by atoms with Crippen LogP contribution in [0.1, 0.15) is 35.5 Å². The number of hydrogen-bond acceptors (Lipinski definition) is 4.